The number of carbonyl (C=O) groups is 2. The van der Waals surface area contributed by atoms with Gasteiger partial charge in [0.15, 0.2) is 0 Å². The molecule has 3 amide bonds. The van der Waals surface area contributed by atoms with Crippen LogP contribution in [-0.2, 0) is 21.8 Å². The van der Waals surface area contributed by atoms with Crippen molar-refractivity contribution >= 4 is 17.8 Å². The van der Waals surface area contributed by atoms with Crippen LogP contribution in [0.3, 0.4) is 0 Å². The van der Waals surface area contributed by atoms with E-state index in [0.29, 0.717) is 5.69 Å². The molecule has 7 heteroatoms. The van der Waals surface area contributed by atoms with Crippen molar-refractivity contribution in [1.29, 1.82) is 0 Å². The maximum absolute atomic E-state index is 11.1. The van der Waals surface area contributed by atoms with Crippen LogP contribution >= 0.6 is 0 Å². The predicted molar refractivity (Wildman–Crippen MR) is 76.4 cm³/mol. The van der Waals surface area contributed by atoms with Gasteiger partial charge in [-0.3, -0.25) is 0 Å². The van der Waals surface area contributed by atoms with Gasteiger partial charge in [-0.1, -0.05) is 5.69 Å². The summed E-state index contributed by atoms with van der Waals surface area (Å²) in [5.74, 6) is 0. The number of hydrazine groups is 1. The number of amides is 3. The van der Waals surface area contributed by atoms with Crippen molar-refractivity contribution < 1.29 is 31.4 Å². The van der Waals surface area contributed by atoms with Crippen LogP contribution in [0.15, 0.2) is 54.6 Å². The number of hydrogen-bond donors (Lipinski definition) is 3. The van der Waals surface area contributed by atoms with Crippen LogP contribution in [-0.4, -0.2) is 18.7 Å². The van der Waals surface area contributed by atoms with Gasteiger partial charge in [0.1, 0.15) is 0 Å². The van der Waals surface area contributed by atoms with Gasteiger partial charge >= 0.3 is 29.2 Å². The first-order chi connectivity index (χ1) is 9.72. The van der Waals surface area contributed by atoms with E-state index in [0.717, 1.165) is 0 Å². The quantitative estimate of drug-likeness (QED) is 0.450. The maximum atomic E-state index is 11.1. The van der Waals surface area contributed by atoms with E-state index in [2.05, 4.69) is 20.9 Å². The zero-order valence-electron chi connectivity index (χ0n) is 11.5. The number of rotatable bonds is 2. The van der Waals surface area contributed by atoms with Gasteiger partial charge < -0.3 is 10.1 Å². The van der Waals surface area contributed by atoms with E-state index in [-0.39, 0.29) is 23.7 Å². The Morgan fingerprint density at radius 2 is 1.86 bits per heavy atom. The average molecular weight is 331 g/mol. The molecular weight excluding hydrogens is 314 g/mol. The molecule has 0 heterocycles. The third-order valence-corrected chi connectivity index (χ3v) is 2.03. The Morgan fingerprint density at radius 1 is 1.14 bits per heavy atom. The fourth-order valence-corrected chi connectivity index (χ4v) is 1.22. The minimum absolute atomic E-state index is 0. The van der Waals surface area contributed by atoms with E-state index in [9.17, 15) is 9.59 Å². The van der Waals surface area contributed by atoms with Crippen molar-refractivity contribution in [1.82, 2.24) is 10.9 Å². The van der Waals surface area contributed by atoms with Gasteiger partial charge in [-0.15, -0.1) is 6.07 Å². The van der Waals surface area contributed by atoms with Crippen LogP contribution in [0.4, 0.5) is 15.3 Å². The summed E-state index contributed by atoms with van der Waals surface area (Å²) in [7, 11) is 0. The molecule has 2 rings (SSSR count). The van der Waals surface area contributed by atoms with Crippen LogP contribution in [0.2, 0.25) is 0 Å². The third-order valence-electron chi connectivity index (χ3n) is 2.03. The van der Waals surface area contributed by atoms with Gasteiger partial charge in [-0.25, -0.2) is 38.6 Å². The molecule has 3 N–H and O–H groups in total. The molecule has 2 aromatic rings. The van der Waals surface area contributed by atoms with Crippen molar-refractivity contribution in [3.8, 4) is 0 Å². The van der Waals surface area contributed by atoms with Gasteiger partial charge in [-0.2, -0.15) is 30.3 Å². The summed E-state index contributed by atoms with van der Waals surface area (Å²) < 4.78 is 4.53. The number of anilines is 1. The molecule has 0 atom stereocenters. The van der Waals surface area contributed by atoms with E-state index in [4.69, 9.17) is 0 Å². The molecule has 0 spiro atoms. The number of urea groups is 1. The summed E-state index contributed by atoms with van der Waals surface area (Å²) in [5.41, 5.74) is 4.85. The van der Waals surface area contributed by atoms with E-state index >= 15 is 0 Å². The normalized spacial score (nSPS) is 8.43. The largest absolute Gasteiger partial charge is 2.00 e. The van der Waals surface area contributed by atoms with Crippen molar-refractivity contribution in [2.75, 3.05) is 11.9 Å². The molecule has 21 heavy (non-hydrogen) atoms. The fraction of sp³-hybridized carbons (Fsp3) is 0.143. The fourth-order valence-electron chi connectivity index (χ4n) is 1.22. The van der Waals surface area contributed by atoms with Gasteiger partial charge in [0.05, 0.1) is 6.61 Å². The van der Waals surface area contributed by atoms with E-state index in [1.54, 1.807) is 31.2 Å². The van der Waals surface area contributed by atoms with E-state index in [1.165, 1.54) is 0 Å². The minimum atomic E-state index is -0.699. The van der Waals surface area contributed by atoms with Crippen LogP contribution in [0.1, 0.15) is 6.92 Å². The molecule has 0 saturated heterocycles. The molecule has 0 unspecified atom stereocenters. The summed E-state index contributed by atoms with van der Waals surface area (Å²) in [6.07, 6.45) is -0.699. The number of carbonyl (C=O) groups excluding carboxylic acids is 2. The zero-order chi connectivity index (χ0) is 14.6. The standard InChI is InChI=1S/C9H12N3O3.C5H5.Fe/c1-2-15-9(14)12-11-8(13)10-7-5-3-4-6-7;1-2-4-5-3-1;/h3-6H,2H2,1H3,(H,12,14)(H2,10,11,13);1-5H;/q2*-1;+2. The van der Waals surface area contributed by atoms with Crippen molar-refractivity contribution in [2.24, 2.45) is 0 Å². The first-order valence-corrected chi connectivity index (χ1v) is 6.10. The van der Waals surface area contributed by atoms with Crippen LogP contribution in [0.5, 0.6) is 0 Å². The average Bonchev–Trinajstić information content (AvgIpc) is 3.12. The van der Waals surface area contributed by atoms with Crippen molar-refractivity contribution in [3.63, 3.8) is 0 Å². The first-order valence-electron chi connectivity index (χ1n) is 6.10. The van der Waals surface area contributed by atoms with E-state index < -0.39 is 12.1 Å². The monoisotopic (exact) mass is 331 g/mol. The molecule has 0 bridgehead atoms. The van der Waals surface area contributed by atoms with Gasteiger partial charge in [0.2, 0.25) is 0 Å². The predicted octanol–water partition coefficient (Wildman–Crippen LogP) is 2.59. The summed E-state index contributed by atoms with van der Waals surface area (Å²) in [6.45, 7) is 1.92. The summed E-state index contributed by atoms with van der Waals surface area (Å²) in [6, 6.07) is 16.5. The maximum Gasteiger partial charge on any atom is 2.00 e. The summed E-state index contributed by atoms with van der Waals surface area (Å²) in [5, 5.41) is 2.50. The molecule has 2 aromatic carbocycles. The Bertz CT molecular complexity index is 466. The topological polar surface area (TPSA) is 79.5 Å². The molecule has 114 valence electrons. The molecular formula is C14H17FeN3O3. The summed E-state index contributed by atoms with van der Waals surface area (Å²) in [4.78, 5) is 21.9. The second kappa shape index (κ2) is 11.6. The first kappa shape index (κ1) is 18.8. The Kier molecular flexibility index (Phi) is 10.3. The number of nitrogens with one attached hydrogen (secondary N) is 3. The van der Waals surface area contributed by atoms with Crippen LogP contribution in [0, 0.1) is 0 Å². The molecule has 0 aliphatic heterocycles. The van der Waals surface area contributed by atoms with Crippen molar-refractivity contribution in [3.05, 3.63) is 54.6 Å². The molecule has 0 saturated carbocycles. The summed E-state index contributed by atoms with van der Waals surface area (Å²) >= 11 is 0. The van der Waals surface area contributed by atoms with Gasteiger partial charge in [-0.05, 0) is 6.92 Å². The molecule has 0 radical (unpaired) electrons. The van der Waals surface area contributed by atoms with E-state index in [1.807, 2.05) is 30.3 Å². The molecule has 0 fully saturated rings. The molecule has 0 aliphatic carbocycles. The van der Waals surface area contributed by atoms with Crippen LogP contribution < -0.4 is 16.2 Å². The Labute approximate surface area is 134 Å². The smallest absolute Gasteiger partial charge is 0.449 e. The Hall–Kier alpha value is -2.24. The SMILES string of the molecule is CCOC(=O)NNC(=O)Nc1ccc[cH-]1.[Fe+2].c1cc[cH-]c1. The second-order valence-electron chi connectivity index (χ2n) is 3.56. The number of hydrogen-bond acceptors (Lipinski definition) is 3. The van der Waals surface area contributed by atoms with Gasteiger partial charge in [0.25, 0.3) is 0 Å². The molecule has 6 nitrogen and oxygen atoms in total. The molecule has 0 aliphatic rings. The third kappa shape index (κ3) is 9.32. The number of ether oxygens (including phenoxy) is 1. The molecule has 0 aromatic heterocycles. The minimum Gasteiger partial charge on any atom is -0.449 e. The zero-order valence-corrected chi connectivity index (χ0v) is 12.6. The Morgan fingerprint density at radius 3 is 2.33 bits per heavy atom. The second-order valence-corrected chi connectivity index (χ2v) is 3.56. The van der Waals surface area contributed by atoms with Crippen molar-refractivity contribution in [2.45, 2.75) is 6.92 Å². The Balaban J connectivity index is 0.000000562. The van der Waals surface area contributed by atoms with Crippen LogP contribution in [0.25, 0.3) is 0 Å². The van der Waals surface area contributed by atoms with Gasteiger partial charge in [0, 0.05) is 0 Å².